The zero-order chi connectivity index (χ0) is 18.8. The second-order valence-corrected chi connectivity index (χ2v) is 7.35. The van der Waals surface area contributed by atoms with Gasteiger partial charge in [-0.3, -0.25) is 9.59 Å². The Hall–Kier alpha value is -2.66. The number of hydrogen-bond acceptors (Lipinski definition) is 5. The summed E-state index contributed by atoms with van der Waals surface area (Å²) in [5.41, 5.74) is 0.971. The second-order valence-electron chi connectivity index (χ2n) is 7.35. The molecule has 5 rings (SSSR count). The first-order valence-electron chi connectivity index (χ1n) is 9.62. The van der Waals surface area contributed by atoms with Crippen molar-refractivity contribution in [1.82, 2.24) is 0 Å². The van der Waals surface area contributed by atoms with E-state index in [1.807, 2.05) is 72.2 Å². The van der Waals surface area contributed by atoms with Crippen molar-refractivity contribution in [3.05, 3.63) is 59.7 Å². The molecule has 5 nitrogen and oxygen atoms in total. The monoisotopic (exact) mass is 362 g/mol. The summed E-state index contributed by atoms with van der Waals surface area (Å²) in [5, 5.41) is 0. The minimum atomic E-state index is -1.09. The number of ketones is 2. The highest BCUT2D eigenvalue weighted by Gasteiger charge is 2.66. The van der Waals surface area contributed by atoms with Gasteiger partial charge >= 0.3 is 0 Å². The minimum Gasteiger partial charge on any atom is -0.337 e. The summed E-state index contributed by atoms with van der Waals surface area (Å²) in [6, 6.07) is 15.3. The summed E-state index contributed by atoms with van der Waals surface area (Å²) >= 11 is 0. The molecule has 0 radical (unpaired) electrons. The quantitative estimate of drug-likeness (QED) is 0.816. The lowest BCUT2D eigenvalue weighted by molar-refractivity contribution is -0.0614. The van der Waals surface area contributed by atoms with Gasteiger partial charge < -0.3 is 14.5 Å². The highest BCUT2D eigenvalue weighted by Crippen LogP contribution is 2.54. The number of carbonyl (C=O) groups excluding carboxylic acids is 2. The molecule has 2 aromatic carbocycles. The van der Waals surface area contributed by atoms with Crippen molar-refractivity contribution in [2.75, 3.05) is 22.9 Å². The molecule has 1 saturated heterocycles. The standard InChI is InChI=1S/C22H22N2O3/c1-3-23-17-11-7-5-9-15(17)19(25)21(23)13-14-22(27-21)20(26)16-10-6-8-12-18(16)24(22)4-2/h5-12H,3-4,13-14H2,1-2H3. The SMILES string of the molecule is CCN1c2ccccc2C(=O)C12CCC1(O2)C(=O)c2ccccc2N1CC. The molecule has 0 aromatic heterocycles. The molecule has 3 heterocycles. The molecule has 138 valence electrons. The highest BCUT2D eigenvalue weighted by molar-refractivity contribution is 6.16. The van der Waals surface area contributed by atoms with Gasteiger partial charge in [-0.15, -0.1) is 0 Å². The van der Waals surface area contributed by atoms with E-state index in [9.17, 15) is 9.59 Å². The summed E-state index contributed by atoms with van der Waals surface area (Å²) in [6.45, 7) is 5.33. The number of benzene rings is 2. The van der Waals surface area contributed by atoms with E-state index in [2.05, 4.69) is 0 Å². The van der Waals surface area contributed by atoms with Gasteiger partial charge in [-0.25, -0.2) is 0 Å². The van der Waals surface area contributed by atoms with Crippen molar-refractivity contribution in [1.29, 1.82) is 0 Å². The Morgan fingerprint density at radius 3 is 1.59 bits per heavy atom. The van der Waals surface area contributed by atoms with Gasteiger partial charge in [0.15, 0.2) is 0 Å². The lowest BCUT2D eigenvalue weighted by Gasteiger charge is -2.39. The van der Waals surface area contributed by atoms with Crippen molar-refractivity contribution < 1.29 is 14.3 Å². The van der Waals surface area contributed by atoms with Crippen LogP contribution in [0.1, 0.15) is 47.4 Å². The van der Waals surface area contributed by atoms with Gasteiger partial charge in [0.1, 0.15) is 0 Å². The van der Waals surface area contributed by atoms with E-state index in [4.69, 9.17) is 4.74 Å². The van der Waals surface area contributed by atoms with Gasteiger partial charge in [0.25, 0.3) is 0 Å². The zero-order valence-corrected chi connectivity index (χ0v) is 15.6. The number of likely N-dealkylation sites (N-methyl/N-ethyl adjacent to an activating group) is 2. The molecule has 0 aliphatic carbocycles. The van der Waals surface area contributed by atoms with Crippen molar-refractivity contribution in [2.45, 2.75) is 38.1 Å². The Balaban J connectivity index is 1.63. The number of anilines is 2. The molecular formula is C22H22N2O3. The van der Waals surface area contributed by atoms with Crippen molar-refractivity contribution in [2.24, 2.45) is 0 Å². The third-order valence-electron chi connectivity index (χ3n) is 6.23. The second kappa shape index (κ2) is 5.42. The van der Waals surface area contributed by atoms with E-state index < -0.39 is 11.4 Å². The fraction of sp³-hybridized carbons (Fsp3) is 0.364. The van der Waals surface area contributed by atoms with Crippen LogP contribution in [-0.4, -0.2) is 36.1 Å². The maximum atomic E-state index is 13.4. The maximum Gasteiger partial charge on any atom is 0.217 e. The molecule has 0 amide bonds. The first kappa shape index (κ1) is 16.5. The largest absolute Gasteiger partial charge is 0.337 e. The van der Waals surface area contributed by atoms with Crippen molar-refractivity contribution in [3.8, 4) is 0 Å². The van der Waals surface area contributed by atoms with Gasteiger partial charge in [0.05, 0.1) is 11.4 Å². The van der Waals surface area contributed by atoms with Crippen LogP contribution in [0.2, 0.25) is 0 Å². The van der Waals surface area contributed by atoms with Crippen molar-refractivity contribution >= 4 is 22.9 Å². The average Bonchev–Trinajstić information content (AvgIpc) is 3.28. The molecule has 2 spiro atoms. The van der Waals surface area contributed by atoms with E-state index in [0.29, 0.717) is 37.1 Å². The van der Waals surface area contributed by atoms with Gasteiger partial charge in [0, 0.05) is 37.1 Å². The number of Topliss-reactive ketones (excluding diaryl/α,β-unsaturated/α-hetero) is 2. The fourth-order valence-electron chi connectivity index (χ4n) is 5.13. The van der Waals surface area contributed by atoms with Crippen LogP contribution >= 0.6 is 0 Å². The van der Waals surface area contributed by atoms with E-state index in [1.165, 1.54) is 0 Å². The minimum absolute atomic E-state index is 0.0309. The van der Waals surface area contributed by atoms with Crippen LogP contribution in [0, 0.1) is 0 Å². The number of carbonyl (C=O) groups is 2. The normalized spacial score (nSPS) is 28.5. The summed E-state index contributed by atoms with van der Waals surface area (Å²) in [6.07, 6.45) is 1.01. The number of ether oxygens (including phenoxy) is 1. The number of fused-ring (bicyclic) bond motifs is 2. The zero-order valence-electron chi connectivity index (χ0n) is 15.6. The Morgan fingerprint density at radius 2 is 1.19 bits per heavy atom. The number of nitrogens with zero attached hydrogens (tertiary/aromatic N) is 2. The van der Waals surface area contributed by atoms with E-state index >= 15 is 0 Å². The van der Waals surface area contributed by atoms with Crippen molar-refractivity contribution in [3.63, 3.8) is 0 Å². The molecular weight excluding hydrogens is 340 g/mol. The van der Waals surface area contributed by atoms with Crippen LogP contribution in [-0.2, 0) is 4.74 Å². The molecule has 3 aliphatic heterocycles. The molecule has 0 N–H and O–H groups in total. The summed E-state index contributed by atoms with van der Waals surface area (Å²) < 4.78 is 6.61. The first-order valence-corrected chi connectivity index (χ1v) is 9.62. The Labute approximate surface area is 158 Å². The van der Waals surface area contributed by atoms with Gasteiger partial charge in [-0.05, 0) is 38.1 Å². The van der Waals surface area contributed by atoms with E-state index in [-0.39, 0.29) is 11.6 Å². The molecule has 0 saturated carbocycles. The molecule has 0 bridgehead atoms. The third-order valence-corrected chi connectivity index (χ3v) is 6.23. The molecule has 2 aromatic rings. The molecule has 1 fully saturated rings. The van der Waals surface area contributed by atoms with Gasteiger partial charge in [-0.1, -0.05) is 24.3 Å². The van der Waals surface area contributed by atoms with Crippen LogP contribution in [0.25, 0.3) is 0 Å². The van der Waals surface area contributed by atoms with E-state index in [1.54, 1.807) is 0 Å². The van der Waals surface area contributed by atoms with Crippen LogP contribution in [0.5, 0.6) is 0 Å². The van der Waals surface area contributed by atoms with Crippen LogP contribution in [0.15, 0.2) is 48.5 Å². The fourth-order valence-corrected chi connectivity index (χ4v) is 5.13. The molecule has 2 atom stereocenters. The number of para-hydroxylation sites is 2. The topological polar surface area (TPSA) is 49.9 Å². The number of hydrogen-bond donors (Lipinski definition) is 0. The smallest absolute Gasteiger partial charge is 0.217 e. The van der Waals surface area contributed by atoms with Gasteiger partial charge in [-0.2, -0.15) is 0 Å². The van der Waals surface area contributed by atoms with Crippen LogP contribution in [0.4, 0.5) is 11.4 Å². The van der Waals surface area contributed by atoms with Crippen LogP contribution in [0.3, 0.4) is 0 Å². The molecule has 3 aliphatic rings. The Bertz CT molecular complexity index is 894. The maximum absolute atomic E-state index is 13.4. The summed E-state index contributed by atoms with van der Waals surface area (Å²) in [5.74, 6) is -0.0618. The van der Waals surface area contributed by atoms with Crippen LogP contribution < -0.4 is 9.80 Å². The third kappa shape index (κ3) is 1.82. The van der Waals surface area contributed by atoms with E-state index in [0.717, 1.165) is 11.4 Å². The highest BCUT2D eigenvalue weighted by atomic mass is 16.6. The van der Waals surface area contributed by atoms with Gasteiger partial charge in [0.2, 0.25) is 23.0 Å². The Kier molecular flexibility index (Phi) is 3.32. The molecule has 27 heavy (non-hydrogen) atoms. The first-order chi connectivity index (χ1) is 13.1. The Morgan fingerprint density at radius 1 is 0.778 bits per heavy atom. The number of rotatable bonds is 2. The molecule has 5 heteroatoms. The summed E-state index contributed by atoms with van der Waals surface area (Å²) in [4.78, 5) is 30.9. The predicted molar refractivity (Wildman–Crippen MR) is 103 cm³/mol. The lowest BCUT2D eigenvalue weighted by Crippen LogP contribution is -2.57. The predicted octanol–water partition coefficient (Wildman–Crippen LogP) is 3.64. The lowest BCUT2D eigenvalue weighted by atomic mass is 9.98. The summed E-state index contributed by atoms with van der Waals surface area (Å²) in [7, 11) is 0. The molecule has 2 unspecified atom stereocenters. The average molecular weight is 362 g/mol.